The summed E-state index contributed by atoms with van der Waals surface area (Å²) in [6, 6.07) is 10.7. The van der Waals surface area contributed by atoms with Crippen molar-refractivity contribution in [1.82, 2.24) is 14.8 Å². The topological polar surface area (TPSA) is 30.7 Å². The molecule has 1 aliphatic rings. The minimum absolute atomic E-state index is 0.555. The summed E-state index contributed by atoms with van der Waals surface area (Å²) in [6.07, 6.45) is 2.44. The standard InChI is InChI=1S/C11H10BrN3/c12-11-13-10(8-4-2-1-3-5-8)15(14-11)9-6-7-9/h1-5,9H,6-7H2. The number of hydrogen-bond acceptors (Lipinski definition) is 2. The molecule has 4 heteroatoms. The highest BCUT2D eigenvalue weighted by molar-refractivity contribution is 9.10. The van der Waals surface area contributed by atoms with Crippen LogP contribution in [0, 0.1) is 0 Å². The Kier molecular flexibility index (Phi) is 2.09. The molecule has 3 nitrogen and oxygen atoms in total. The third-order valence-electron chi connectivity index (χ3n) is 2.53. The summed E-state index contributed by atoms with van der Waals surface area (Å²) in [5.41, 5.74) is 1.13. The Morgan fingerprint density at radius 2 is 1.93 bits per heavy atom. The van der Waals surface area contributed by atoms with E-state index in [2.05, 4.69) is 38.1 Å². The molecule has 0 atom stereocenters. The molecule has 3 rings (SSSR count). The van der Waals surface area contributed by atoms with E-state index < -0.39 is 0 Å². The van der Waals surface area contributed by atoms with Crippen molar-refractivity contribution in [3.63, 3.8) is 0 Å². The Morgan fingerprint density at radius 3 is 2.60 bits per heavy atom. The maximum atomic E-state index is 4.41. The Hall–Kier alpha value is -1.16. The lowest BCUT2D eigenvalue weighted by molar-refractivity contribution is 0.644. The number of benzene rings is 1. The van der Waals surface area contributed by atoms with Crippen LogP contribution in [0.2, 0.25) is 0 Å². The first-order chi connectivity index (χ1) is 7.34. The fourth-order valence-electron chi connectivity index (χ4n) is 1.65. The van der Waals surface area contributed by atoms with E-state index in [0.29, 0.717) is 10.8 Å². The van der Waals surface area contributed by atoms with Crippen molar-refractivity contribution in [2.24, 2.45) is 0 Å². The van der Waals surface area contributed by atoms with Crippen molar-refractivity contribution in [3.8, 4) is 11.4 Å². The van der Waals surface area contributed by atoms with Crippen LogP contribution < -0.4 is 0 Å². The second-order valence-electron chi connectivity index (χ2n) is 3.75. The molecule has 0 spiro atoms. The molecule has 1 aromatic carbocycles. The van der Waals surface area contributed by atoms with Gasteiger partial charge in [0.15, 0.2) is 5.82 Å². The van der Waals surface area contributed by atoms with Gasteiger partial charge in [0, 0.05) is 5.56 Å². The van der Waals surface area contributed by atoms with Gasteiger partial charge in [0.25, 0.3) is 0 Å². The van der Waals surface area contributed by atoms with Crippen molar-refractivity contribution in [2.75, 3.05) is 0 Å². The van der Waals surface area contributed by atoms with Gasteiger partial charge in [-0.2, -0.15) is 0 Å². The van der Waals surface area contributed by atoms with E-state index in [4.69, 9.17) is 0 Å². The highest BCUT2D eigenvalue weighted by Gasteiger charge is 2.28. The van der Waals surface area contributed by atoms with Gasteiger partial charge >= 0.3 is 0 Å². The molecule has 0 aliphatic heterocycles. The van der Waals surface area contributed by atoms with Crippen LogP contribution in [0.3, 0.4) is 0 Å². The van der Waals surface area contributed by atoms with Crippen molar-refractivity contribution < 1.29 is 0 Å². The van der Waals surface area contributed by atoms with Gasteiger partial charge in [0.05, 0.1) is 6.04 Å². The summed E-state index contributed by atoms with van der Waals surface area (Å²) >= 11 is 3.33. The average molecular weight is 264 g/mol. The van der Waals surface area contributed by atoms with E-state index in [1.165, 1.54) is 12.8 Å². The van der Waals surface area contributed by atoms with Crippen LogP contribution in [0.4, 0.5) is 0 Å². The Labute approximate surface area is 96.3 Å². The monoisotopic (exact) mass is 263 g/mol. The lowest BCUT2D eigenvalue weighted by Gasteiger charge is -2.02. The quantitative estimate of drug-likeness (QED) is 0.834. The molecule has 0 bridgehead atoms. The molecular weight excluding hydrogens is 254 g/mol. The van der Waals surface area contributed by atoms with Gasteiger partial charge in [0.2, 0.25) is 4.73 Å². The van der Waals surface area contributed by atoms with Crippen LogP contribution in [0.15, 0.2) is 35.1 Å². The van der Waals surface area contributed by atoms with Gasteiger partial charge in [-0.1, -0.05) is 30.3 Å². The van der Waals surface area contributed by atoms with E-state index in [-0.39, 0.29) is 0 Å². The second-order valence-corrected chi connectivity index (χ2v) is 4.46. The SMILES string of the molecule is Brc1nc(-c2ccccc2)n(C2CC2)n1. The van der Waals surface area contributed by atoms with Crippen LogP contribution >= 0.6 is 15.9 Å². The van der Waals surface area contributed by atoms with Crippen LogP contribution in [-0.4, -0.2) is 14.8 Å². The molecule has 2 aromatic rings. The summed E-state index contributed by atoms with van der Waals surface area (Å²) < 4.78 is 2.70. The molecule has 1 fully saturated rings. The normalized spacial score (nSPS) is 15.5. The molecule has 1 aliphatic carbocycles. The summed E-state index contributed by atoms with van der Waals surface area (Å²) in [5.74, 6) is 0.963. The lowest BCUT2D eigenvalue weighted by atomic mass is 10.2. The molecule has 76 valence electrons. The predicted molar refractivity (Wildman–Crippen MR) is 61.4 cm³/mol. The highest BCUT2D eigenvalue weighted by Crippen LogP contribution is 2.37. The fourth-order valence-corrected chi connectivity index (χ4v) is 1.99. The molecule has 1 saturated carbocycles. The molecule has 0 amide bonds. The van der Waals surface area contributed by atoms with Gasteiger partial charge in [0.1, 0.15) is 0 Å². The Bertz CT molecular complexity index is 474. The fraction of sp³-hybridized carbons (Fsp3) is 0.273. The summed E-state index contributed by atoms with van der Waals surface area (Å²) in [6.45, 7) is 0. The maximum absolute atomic E-state index is 4.41. The summed E-state index contributed by atoms with van der Waals surface area (Å²) in [5, 5.41) is 4.37. The number of rotatable bonds is 2. The Balaban J connectivity index is 2.10. The van der Waals surface area contributed by atoms with E-state index in [9.17, 15) is 0 Å². The van der Waals surface area contributed by atoms with Gasteiger partial charge in [-0.15, -0.1) is 5.10 Å². The first-order valence-electron chi connectivity index (χ1n) is 5.02. The largest absolute Gasteiger partial charge is 0.242 e. The van der Waals surface area contributed by atoms with Gasteiger partial charge in [-0.25, -0.2) is 9.67 Å². The van der Waals surface area contributed by atoms with Crippen molar-refractivity contribution in [2.45, 2.75) is 18.9 Å². The van der Waals surface area contributed by atoms with Crippen molar-refractivity contribution in [1.29, 1.82) is 0 Å². The van der Waals surface area contributed by atoms with Crippen LogP contribution in [0.25, 0.3) is 11.4 Å². The average Bonchev–Trinajstić information content (AvgIpc) is 3.03. The molecule has 0 unspecified atom stereocenters. The minimum Gasteiger partial charge on any atom is -0.242 e. The molecule has 0 radical (unpaired) electrons. The third kappa shape index (κ3) is 1.69. The van der Waals surface area contributed by atoms with Crippen molar-refractivity contribution in [3.05, 3.63) is 35.1 Å². The van der Waals surface area contributed by atoms with Crippen LogP contribution in [0.1, 0.15) is 18.9 Å². The van der Waals surface area contributed by atoms with E-state index >= 15 is 0 Å². The van der Waals surface area contributed by atoms with E-state index in [1.807, 2.05) is 22.9 Å². The lowest BCUT2D eigenvalue weighted by Crippen LogP contribution is -1.99. The van der Waals surface area contributed by atoms with E-state index in [0.717, 1.165) is 11.4 Å². The third-order valence-corrected chi connectivity index (χ3v) is 2.87. The molecule has 0 saturated heterocycles. The zero-order valence-corrected chi connectivity index (χ0v) is 9.68. The smallest absolute Gasteiger partial charge is 0.217 e. The van der Waals surface area contributed by atoms with Crippen LogP contribution in [-0.2, 0) is 0 Å². The number of aromatic nitrogens is 3. The van der Waals surface area contributed by atoms with Crippen LogP contribution in [0.5, 0.6) is 0 Å². The number of nitrogens with zero attached hydrogens (tertiary/aromatic N) is 3. The first kappa shape index (κ1) is 9.09. The first-order valence-corrected chi connectivity index (χ1v) is 5.81. The van der Waals surface area contributed by atoms with Gasteiger partial charge < -0.3 is 0 Å². The minimum atomic E-state index is 0.555. The molecule has 0 N–H and O–H groups in total. The highest BCUT2D eigenvalue weighted by atomic mass is 79.9. The van der Waals surface area contributed by atoms with E-state index in [1.54, 1.807) is 0 Å². The molecule has 1 aromatic heterocycles. The van der Waals surface area contributed by atoms with Gasteiger partial charge in [-0.3, -0.25) is 0 Å². The zero-order valence-electron chi connectivity index (χ0n) is 8.10. The van der Waals surface area contributed by atoms with Crippen molar-refractivity contribution >= 4 is 15.9 Å². The number of halogens is 1. The predicted octanol–water partition coefficient (Wildman–Crippen LogP) is 3.04. The molecule has 15 heavy (non-hydrogen) atoms. The zero-order chi connectivity index (χ0) is 10.3. The second kappa shape index (κ2) is 3.45. The number of hydrogen-bond donors (Lipinski definition) is 0. The van der Waals surface area contributed by atoms with Gasteiger partial charge in [-0.05, 0) is 28.8 Å². The molecular formula is C11H10BrN3. The molecule has 1 heterocycles. The summed E-state index contributed by atoms with van der Waals surface area (Å²) in [7, 11) is 0. The maximum Gasteiger partial charge on any atom is 0.217 e. The summed E-state index contributed by atoms with van der Waals surface area (Å²) in [4.78, 5) is 4.41. The Morgan fingerprint density at radius 1 is 1.20 bits per heavy atom.